The van der Waals surface area contributed by atoms with E-state index in [1.165, 1.54) is 0 Å². The molecule has 1 unspecified atom stereocenters. The number of hydrazine groups is 1. The van der Waals surface area contributed by atoms with Crippen LogP contribution >= 0.6 is 0 Å². The summed E-state index contributed by atoms with van der Waals surface area (Å²) < 4.78 is 0. The number of aromatic nitrogens is 1. The van der Waals surface area contributed by atoms with Crippen LogP contribution in [0.15, 0.2) is 18.2 Å². The number of nitrogen functional groups attached to an aromatic ring is 1. The van der Waals surface area contributed by atoms with E-state index in [2.05, 4.69) is 29.6 Å². The van der Waals surface area contributed by atoms with E-state index in [1.807, 2.05) is 0 Å². The van der Waals surface area contributed by atoms with Gasteiger partial charge in [-0.1, -0.05) is 26.3 Å². The number of amides is 1. The predicted molar refractivity (Wildman–Crippen MR) is 70.9 cm³/mol. The number of pyridine rings is 1. The Hall–Kier alpha value is -1.62. The molecule has 0 saturated heterocycles. The molecule has 0 aliphatic heterocycles. The molecule has 18 heavy (non-hydrogen) atoms. The Labute approximate surface area is 107 Å². The van der Waals surface area contributed by atoms with Crippen LogP contribution in [0, 0.1) is 5.41 Å². The van der Waals surface area contributed by atoms with Gasteiger partial charge in [-0.25, -0.2) is 10.8 Å². The molecule has 1 heterocycles. The van der Waals surface area contributed by atoms with Gasteiger partial charge in [-0.2, -0.15) is 0 Å². The number of carbonyl (C=O) groups is 1. The van der Waals surface area contributed by atoms with Crippen LogP contribution in [0.25, 0.3) is 0 Å². The Balaban J connectivity index is 2.07. The average molecular weight is 248 g/mol. The van der Waals surface area contributed by atoms with Crippen molar-refractivity contribution in [3.63, 3.8) is 0 Å². The minimum absolute atomic E-state index is 0.132. The van der Waals surface area contributed by atoms with Gasteiger partial charge in [0.2, 0.25) is 0 Å². The lowest BCUT2D eigenvalue weighted by Crippen LogP contribution is -2.41. The highest BCUT2D eigenvalue weighted by molar-refractivity contribution is 5.92. The zero-order valence-electron chi connectivity index (χ0n) is 10.9. The average Bonchev–Trinajstić information content (AvgIpc) is 2.69. The first-order valence-electron chi connectivity index (χ1n) is 6.27. The lowest BCUT2D eigenvalue weighted by molar-refractivity contribution is 0.0905. The summed E-state index contributed by atoms with van der Waals surface area (Å²) in [6.07, 6.45) is 3.35. The van der Waals surface area contributed by atoms with E-state index in [4.69, 9.17) is 5.84 Å². The molecule has 98 valence electrons. The van der Waals surface area contributed by atoms with E-state index in [0.717, 1.165) is 19.3 Å². The standard InChI is InChI=1S/C13H20N4O/c1-13(2)8-4-6-10(13)16-12(18)9-5-3-7-11(15-9)17-14/h3,5,7,10H,4,6,8,14H2,1-2H3,(H,15,17)(H,16,18). The smallest absolute Gasteiger partial charge is 0.270 e. The van der Waals surface area contributed by atoms with E-state index in [1.54, 1.807) is 18.2 Å². The molecule has 1 aromatic rings. The third-order valence-corrected chi connectivity index (χ3v) is 3.69. The van der Waals surface area contributed by atoms with E-state index in [9.17, 15) is 4.79 Å². The molecule has 4 N–H and O–H groups in total. The lowest BCUT2D eigenvalue weighted by Gasteiger charge is -2.27. The first kappa shape index (κ1) is 12.8. The van der Waals surface area contributed by atoms with Crippen molar-refractivity contribution in [1.29, 1.82) is 0 Å². The molecule has 0 spiro atoms. The van der Waals surface area contributed by atoms with Gasteiger partial charge in [0.25, 0.3) is 5.91 Å². The minimum Gasteiger partial charge on any atom is -0.347 e. The van der Waals surface area contributed by atoms with Crippen molar-refractivity contribution in [3.05, 3.63) is 23.9 Å². The normalized spacial score (nSPS) is 21.6. The Kier molecular flexibility index (Phi) is 3.52. The largest absolute Gasteiger partial charge is 0.347 e. The van der Waals surface area contributed by atoms with Crippen LogP contribution < -0.4 is 16.6 Å². The second kappa shape index (κ2) is 4.94. The van der Waals surface area contributed by atoms with Gasteiger partial charge in [0.05, 0.1) is 0 Å². The Morgan fingerprint density at radius 2 is 2.28 bits per heavy atom. The zero-order valence-corrected chi connectivity index (χ0v) is 10.9. The highest BCUT2D eigenvalue weighted by Gasteiger charge is 2.35. The summed E-state index contributed by atoms with van der Waals surface area (Å²) in [6, 6.07) is 5.40. The number of anilines is 1. The third-order valence-electron chi connectivity index (χ3n) is 3.69. The molecule has 1 amide bonds. The summed E-state index contributed by atoms with van der Waals surface area (Å²) in [5, 5.41) is 3.07. The molecule has 5 nitrogen and oxygen atoms in total. The lowest BCUT2D eigenvalue weighted by atomic mass is 9.87. The van der Waals surface area contributed by atoms with E-state index < -0.39 is 0 Å². The van der Waals surface area contributed by atoms with E-state index in [-0.39, 0.29) is 17.4 Å². The van der Waals surface area contributed by atoms with Gasteiger partial charge in [0.1, 0.15) is 11.5 Å². The number of nitrogens with zero attached hydrogens (tertiary/aromatic N) is 1. The van der Waals surface area contributed by atoms with Gasteiger partial charge in [-0.3, -0.25) is 4.79 Å². The van der Waals surface area contributed by atoms with Crippen molar-refractivity contribution in [2.24, 2.45) is 11.3 Å². The summed E-state index contributed by atoms with van der Waals surface area (Å²) in [7, 11) is 0. The van der Waals surface area contributed by atoms with Crippen molar-refractivity contribution in [1.82, 2.24) is 10.3 Å². The van der Waals surface area contributed by atoms with E-state index >= 15 is 0 Å². The molecule has 2 rings (SSSR count). The maximum atomic E-state index is 12.1. The third kappa shape index (κ3) is 2.61. The van der Waals surface area contributed by atoms with Gasteiger partial charge >= 0.3 is 0 Å². The minimum atomic E-state index is -0.132. The van der Waals surface area contributed by atoms with Crippen molar-refractivity contribution < 1.29 is 4.79 Å². The summed E-state index contributed by atoms with van der Waals surface area (Å²) in [5.41, 5.74) is 3.00. The molecule has 1 saturated carbocycles. The fourth-order valence-electron chi connectivity index (χ4n) is 2.47. The number of nitrogens with one attached hydrogen (secondary N) is 2. The van der Waals surface area contributed by atoms with Crippen molar-refractivity contribution >= 4 is 11.7 Å². The van der Waals surface area contributed by atoms with Gasteiger partial charge in [-0.15, -0.1) is 0 Å². The molecule has 1 fully saturated rings. The van der Waals surface area contributed by atoms with Crippen molar-refractivity contribution in [2.45, 2.75) is 39.2 Å². The zero-order chi connectivity index (χ0) is 13.2. The number of hydrogen-bond acceptors (Lipinski definition) is 4. The highest BCUT2D eigenvalue weighted by atomic mass is 16.1. The number of hydrogen-bond donors (Lipinski definition) is 3. The first-order valence-corrected chi connectivity index (χ1v) is 6.27. The number of nitrogens with two attached hydrogens (primary N) is 1. The number of rotatable bonds is 3. The topological polar surface area (TPSA) is 80.0 Å². The SMILES string of the molecule is CC1(C)CCCC1NC(=O)c1cccc(NN)n1. The van der Waals surface area contributed by atoms with Crippen LogP contribution in [-0.2, 0) is 0 Å². The molecule has 1 aromatic heterocycles. The number of carbonyl (C=O) groups excluding carboxylic acids is 1. The van der Waals surface area contributed by atoms with Crippen LogP contribution in [-0.4, -0.2) is 16.9 Å². The quantitative estimate of drug-likeness (QED) is 0.561. The molecular weight excluding hydrogens is 228 g/mol. The fraction of sp³-hybridized carbons (Fsp3) is 0.538. The van der Waals surface area contributed by atoms with Crippen molar-refractivity contribution in [3.8, 4) is 0 Å². The Morgan fingerprint density at radius 1 is 1.50 bits per heavy atom. The van der Waals surface area contributed by atoms with Gasteiger partial charge in [-0.05, 0) is 30.4 Å². The molecule has 1 aliphatic carbocycles. The van der Waals surface area contributed by atoms with Gasteiger partial charge in [0, 0.05) is 6.04 Å². The first-order chi connectivity index (χ1) is 8.53. The van der Waals surface area contributed by atoms with Crippen LogP contribution in [0.2, 0.25) is 0 Å². The molecule has 1 aliphatic rings. The van der Waals surface area contributed by atoms with Crippen LogP contribution in [0.5, 0.6) is 0 Å². The molecule has 0 bridgehead atoms. The molecule has 0 aromatic carbocycles. The molecular formula is C13H20N4O. The Bertz CT molecular complexity index is 444. The predicted octanol–water partition coefficient (Wildman–Crippen LogP) is 1.68. The highest BCUT2D eigenvalue weighted by Crippen LogP contribution is 2.37. The molecule has 0 radical (unpaired) electrons. The van der Waals surface area contributed by atoms with Crippen molar-refractivity contribution in [2.75, 3.05) is 5.43 Å². The summed E-state index contributed by atoms with van der Waals surface area (Å²) >= 11 is 0. The maximum Gasteiger partial charge on any atom is 0.270 e. The maximum absolute atomic E-state index is 12.1. The second-order valence-electron chi connectivity index (χ2n) is 5.46. The Morgan fingerprint density at radius 3 is 2.89 bits per heavy atom. The summed E-state index contributed by atoms with van der Waals surface area (Å²) in [4.78, 5) is 16.2. The summed E-state index contributed by atoms with van der Waals surface area (Å²) in [6.45, 7) is 4.38. The molecule has 5 heteroatoms. The monoisotopic (exact) mass is 248 g/mol. The van der Waals surface area contributed by atoms with Crippen LogP contribution in [0.1, 0.15) is 43.6 Å². The van der Waals surface area contributed by atoms with Crippen LogP contribution in [0.4, 0.5) is 5.82 Å². The fourth-order valence-corrected chi connectivity index (χ4v) is 2.47. The second-order valence-corrected chi connectivity index (χ2v) is 5.46. The van der Waals surface area contributed by atoms with Gasteiger partial charge < -0.3 is 10.7 Å². The summed E-state index contributed by atoms with van der Waals surface area (Å²) in [5.74, 6) is 5.64. The van der Waals surface area contributed by atoms with E-state index in [0.29, 0.717) is 11.5 Å². The van der Waals surface area contributed by atoms with Crippen LogP contribution in [0.3, 0.4) is 0 Å². The van der Waals surface area contributed by atoms with Gasteiger partial charge in [0.15, 0.2) is 0 Å². The molecule has 1 atom stereocenters.